The third-order valence-corrected chi connectivity index (χ3v) is 4.05. The first-order valence-electron chi connectivity index (χ1n) is 6.04. The summed E-state index contributed by atoms with van der Waals surface area (Å²) >= 11 is 3.34. The molecule has 0 radical (unpaired) electrons. The fourth-order valence-electron chi connectivity index (χ4n) is 2.51. The minimum absolute atomic E-state index is 0.0877. The van der Waals surface area contributed by atoms with Crippen molar-refractivity contribution in [1.29, 1.82) is 0 Å². The SMILES string of the molecule is CC1CCCC(C)N1C(=O)c1cccnc1Br. The highest BCUT2D eigenvalue weighted by molar-refractivity contribution is 9.10. The largest absolute Gasteiger partial charge is 0.333 e. The highest BCUT2D eigenvalue weighted by Crippen LogP contribution is 2.26. The van der Waals surface area contributed by atoms with Gasteiger partial charge >= 0.3 is 0 Å². The van der Waals surface area contributed by atoms with Crippen LogP contribution in [-0.4, -0.2) is 27.9 Å². The van der Waals surface area contributed by atoms with Crippen molar-refractivity contribution >= 4 is 21.8 Å². The van der Waals surface area contributed by atoms with Crippen LogP contribution in [-0.2, 0) is 0 Å². The summed E-state index contributed by atoms with van der Waals surface area (Å²) in [5, 5.41) is 0. The van der Waals surface area contributed by atoms with Gasteiger partial charge in [-0.3, -0.25) is 4.79 Å². The molecule has 2 rings (SSSR count). The maximum Gasteiger partial charge on any atom is 0.257 e. The minimum Gasteiger partial charge on any atom is -0.333 e. The summed E-state index contributed by atoms with van der Waals surface area (Å²) in [6.07, 6.45) is 5.08. The molecule has 0 aromatic carbocycles. The summed E-state index contributed by atoms with van der Waals surface area (Å²) in [6, 6.07) is 4.27. The van der Waals surface area contributed by atoms with E-state index in [-0.39, 0.29) is 5.91 Å². The predicted molar refractivity (Wildman–Crippen MR) is 70.9 cm³/mol. The van der Waals surface area contributed by atoms with Crippen LogP contribution in [0, 0.1) is 0 Å². The lowest BCUT2D eigenvalue weighted by atomic mass is 9.96. The predicted octanol–water partition coefficient (Wildman–Crippen LogP) is 3.25. The number of amides is 1. The minimum atomic E-state index is 0.0877. The van der Waals surface area contributed by atoms with E-state index in [0.717, 1.165) is 12.8 Å². The Hall–Kier alpha value is -0.900. The number of halogens is 1. The normalized spacial score (nSPS) is 24.8. The monoisotopic (exact) mass is 296 g/mol. The van der Waals surface area contributed by atoms with E-state index in [2.05, 4.69) is 34.8 Å². The second-order valence-electron chi connectivity index (χ2n) is 4.68. The molecule has 2 unspecified atom stereocenters. The molecule has 1 aliphatic heterocycles. The summed E-state index contributed by atoms with van der Waals surface area (Å²) < 4.78 is 0.634. The Morgan fingerprint density at radius 1 is 1.41 bits per heavy atom. The zero-order chi connectivity index (χ0) is 12.4. The van der Waals surface area contributed by atoms with Gasteiger partial charge in [0.1, 0.15) is 4.60 Å². The topological polar surface area (TPSA) is 33.2 Å². The molecule has 4 heteroatoms. The van der Waals surface area contributed by atoms with Crippen LogP contribution in [0.1, 0.15) is 43.5 Å². The van der Waals surface area contributed by atoms with Crippen molar-refractivity contribution in [3.8, 4) is 0 Å². The zero-order valence-electron chi connectivity index (χ0n) is 10.2. The molecule has 0 spiro atoms. The number of pyridine rings is 1. The second kappa shape index (κ2) is 5.17. The Morgan fingerprint density at radius 2 is 2.06 bits per heavy atom. The lowest BCUT2D eigenvalue weighted by molar-refractivity contribution is 0.0509. The third-order valence-electron chi connectivity index (χ3n) is 3.42. The number of carbonyl (C=O) groups excluding carboxylic acids is 1. The summed E-state index contributed by atoms with van der Waals surface area (Å²) in [4.78, 5) is 18.6. The molecule has 1 aromatic heterocycles. The van der Waals surface area contributed by atoms with E-state index < -0.39 is 0 Å². The lowest BCUT2D eigenvalue weighted by Crippen LogP contribution is -2.47. The number of piperidine rings is 1. The fourth-order valence-corrected chi connectivity index (χ4v) is 2.93. The van der Waals surface area contributed by atoms with E-state index >= 15 is 0 Å². The summed E-state index contributed by atoms with van der Waals surface area (Å²) in [5.74, 6) is 0.0877. The molecule has 1 aromatic rings. The number of nitrogens with zero attached hydrogens (tertiary/aromatic N) is 2. The first-order chi connectivity index (χ1) is 8.11. The first-order valence-corrected chi connectivity index (χ1v) is 6.83. The molecular weight excluding hydrogens is 280 g/mol. The molecule has 17 heavy (non-hydrogen) atoms. The van der Waals surface area contributed by atoms with E-state index in [1.54, 1.807) is 12.3 Å². The van der Waals surface area contributed by atoms with E-state index in [0.29, 0.717) is 22.3 Å². The third kappa shape index (κ3) is 2.51. The number of aromatic nitrogens is 1. The van der Waals surface area contributed by atoms with Crippen molar-refractivity contribution in [1.82, 2.24) is 9.88 Å². The average Bonchev–Trinajstić information content (AvgIpc) is 2.29. The zero-order valence-corrected chi connectivity index (χ0v) is 11.8. The Bertz CT molecular complexity index is 412. The second-order valence-corrected chi connectivity index (χ2v) is 5.43. The van der Waals surface area contributed by atoms with Gasteiger partial charge in [0.25, 0.3) is 5.91 Å². The number of carbonyl (C=O) groups is 1. The van der Waals surface area contributed by atoms with Crippen molar-refractivity contribution in [2.24, 2.45) is 0 Å². The van der Waals surface area contributed by atoms with Gasteiger partial charge in [0, 0.05) is 18.3 Å². The molecule has 1 amide bonds. The fraction of sp³-hybridized carbons (Fsp3) is 0.538. The smallest absolute Gasteiger partial charge is 0.257 e. The van der Waals surface area contributed by atoms with Gasteiger partial charge in [-0.05, 0) is 61.2 Å². The van der Waals surface area contributed by atoms with Gasteiger partial charge in [-0.1, -0.05) is 0 Å². The molecule has 3 nitrogen and oxygen atoms in total. The number of rotatable bonds is 1. The molecule has 1 saturated heterocycles. The van der Waals surface area contributed by atoms with Gasteiger partial charge in [-0.15, -0.1) is 0 Å². The number of hydrogen-bond donors (Lipinski definition) is 0. The van der Waals surface area contributed by atoms with Crippen molar-refractivity contribution < 1.29 is 4.79 Å². The van der Waals surface area contributed by atoms with Gasteiger partial charge in [0.05, 0.1) is 5.56 Å². The summed E-state index contributed by atoms with van der Waals surface area (Å²) in [6.45, 7) is 4.25. The Labute approximate surface area is 110 Å². The molecule has 1 aliphatic rings. The Kier molecular flexibility index (Phi) is 3.82. The molecule has 92 valence electrons. The van der Waals surface area contributed by atoms with Crippen LogP contribution >= 0.6 is 15.9 Å². The Balaban J connectivity index is 2.27. The molecule has 0 N–H and O–H groups in total. The van der Waals surface area contributed by atoms with Crippen molar-refractivity contribution in [3.63, 3.8) is 0 Å². The highest BCUT2D eigenvalue weighted by atomic mass is 79.9. The standard InChI is InChI=1S/C13H17BrN2O/c1-9-5-3-6-10(2)16(9)13(17)11-7-4-8-15-12(11)14/h4,7-10H,3,5-6H2,1-2H3. The van der Waals surface area contributed by atoms with E-state index in [1.807, 2.05) is 11.0 Å². The Morgan fingerprint density at radius 3 is 2.65 bits per heavy atom. The van der Waals surface area contributed by atoms with Crippen LogP contribution in [0.25, 0.3) is 0 Å². The van der Waals surface area contributed by atoms with Crippen LogP contribution in [0.15, 0.2) is 22.9 Å². The van der Waals surface area contributed by atoms with Crippen LogP contribution in [0.4, 0.5) is 0 Å². The van der Waals surface area contributed by atoms with Gasteiger partial charge in [0.2, 0.25) is 0 Å². The molecule has 1 fully saturated rings. The van der Waals surface area contributed by atoms with Gasteiger partial charge in [-0.25, -0.2) is 4.98 Å². The molecule has 0 saturated carbocycles. The molecular formula is C13H17BrN2O. The van der Waals surface area contributed by atoms with E-state index in [4.69, 9.17) is 0 Å². The van der Waals surface area contributed by atoms with Crippen molar-refractivity contribution in [3.05, 3.63) is 28.5 Å². The lowest BCUT2D eigenvalue weighted by Gasteiger charge is -2.39. The van der Waals surface area contributed by atoms with Gasteiger partial charge in [0.15, 0.2) is 0 Å². The molecule has 0 aliphatic carbocycles. The maximum atomic E-state index is 12.5. The van der Waals surface area contributed by atoms with Crippen LogP contribution in [0.2, 0.25) is 0 Å². The van der Waals surface area contributed by atoms with Gasteiger partial charge in [-0.2, -0.15) is 0 Å². The van der Waals surface area contributed by atoms with Crippen molar-refractivity contribution in [2.75, 3.05) is 0 Å². The van der Waals surface area contributed by atoms with Gasteiger partial charge < -0.3 is 4.90 Å². The highest BCUT2D eigenvalue weighted by Gasteiger charge is 2.30. The molecule has 2 atom stereocenters. The number of likely N-dealkylation sites (tertiary alicyclic amines) is 1. The van der Waals surface area contributed by atoms with Crippen LogP contribution in [0.5, 0.6) is 0 Å². The average molecular weight is 297 g/mol. The van der Waals surface area contributed by atoms with E-state index in [9.17, 15) is 4.79 Å². The summed E-state index contributed by atoms with van der Waals surface area (Å²) in [7, 11) is 0. The van der Waals surface area contributed by atoms with Crippen LogP contribution in [0.3, 0.4) is 0 Å². The molecule has 0 bridgehead atoms. The number of hydrogen-bond acceptors (Lipinski definition) is 2. The maximum absolute atomic E-state index is 12.5. The quantitative estimate of drug-likeness (QED) is 0.746. The van der Waals surface area contributed by atoms with Crippen LogP contribution < -0.4 is 0 Å². The summed E-state index contributed by atoms with van der Waals surface area (Å²) in [5.41, 5.74) is 0.660. The first kappa shape index (κ1) is 12.6. The van der Waals surface area contributed by atoms with E-state index in [1.165, 1.54) is 6.42 Å². The van der Waals surface area contributed by atoms with Crippen molar-refractivity contribution in [2.45, 2.75) is 45.2 Å². The molecule has 2 heterocycles.